The molecule has 0 saturated carbocycles. The van der Waals surface area contributed by atoms with E-state index in [1.165, 1.54) is 0 Å². The number of amides is 2. The van der Waals surface area contributed by atoms with Crippen molar-refractivity contribution in [1.29, 1.82) is 0 Å². The monoisotopic (exact) mass is 344 g/mol. The van der Waals surface area contributed by atoms with E-state index in [4.69, 9.17) is 0 Å². The first-order valence-electron chi connectivity index (χ1n) is 8.47. The highest BCUT2D eigenvalue weighted by atomic mass is 16.2. The Morgan fingerprint density at radius 3 is 2.48 bits per heavy atom. The van der Waals surface area contributed by atoms with E-state index in [1.807, 2.05) is 41.0 Å². The zero-order chi connectivity index (χ0) is 17.8. The molecule has 1 saturated heterocycles. The summed E-state index contributed by atoms with van der Waals surface area (Å²) in [5, 5.41) is 7.17. The molecule has 3 rings (SSSR count). The molecule has 0 aliphatic carbocycles. The summed E-state index contributed by atoms with van der Waals surface area (Å²) in [6.07, 6.45) is 5.38. The van der Waals surface area contributed by atoms with Crippen molar-refractivity contribution in [2.45, 2.75) is 6.92 Å². The molecule has 2 aromatic heterocycles. The number of aromatic nitrogens is 3. The third kappa shape index (κ3) is 3.90. The predicted molar refractivity (Wildman–Crippen MR) is 93.6 cm³/mol. The SMILES string of the molecule is CC(=O)N1CCN(CCNC(=O)c2cnn(C)c2-n2cccc2)CC1. The van der Waals surface area contributed by atoms with Gasteiger partial charge in [-0.2, -0.15) is 5.10 Å². The van der Waals surface area contributed by atoms with Crippen LogP contribution in [0.15, 0.2) is 30.7 Å². The van der Waals surface area contributed by atoms with Gasteiger partial charge in [0.1, 0.15) is 11.4 Å². The van der Waals surface area contributed by atoms with E-state index in [-0.39, 0.29) is 11.8 Å². The lowest BCUT2D eigenvalue weighted by Crippen LogP contribution is -2.49. The fourth-order valence-electron chi connectivity index (χ4n) is 3.08. The van der Waals surface area contributed by atoms with Crippen molar-refractivity contribution in [1.82, 2.24) is 29.5 Å². The fraction of sp³-hybridized carbons (Fsp3) is 0.471. The van der Waals surface area contributed by atoms with Gasteiger partial charge in [-0.1, -0.05) is 0 Å². The second kappa shape index (κ2) is 7.52. The Kier molecular flexibility index (Phi) is 5.18. The molecule has 25 heavy (non-hydrogen) atoms. The average molecular weight is 344 g/mol. The third-order valence-electron chi connectivity index (χ3n) is 4.53. The van der Waals surface area contributed by atoms with E-state index >= 15 is 0 Å². The molecule has 1 aliphatic heterocycles. The van der Waals surface area contributed by atoms with E-state index in [2.05, 4.69) is 15.3 Å². The summed E-state index contributed by atoms with van der Waals surface area (Å²) in [4.78, 5) is 28.0. The highest BCUT2D eigenvalue weighted by molar-refractivity contribution is 5.97. The van der Waals surface area contributed by atoms with Gasteiger partial charge in [-0.05, 0) is 12.1 Å². The molecule has 8 heteroatoms. The van der Waals surface area contributed by atoms with Gasteiger partial charge in [-0.15, -0.1) is 0 Å². The second-order valence-corrected chi connectivity index (χ2v) is 6.20. The number of hydrogen-bond donors (Lipinski definition) is 1. The van der Waals surface area contributed by atoms with Crippen LogP contribution in [0.4, 0.5) is 0 Å². The minimum Gasteiger partial charge on any atom is -0.351 e. The molecule has 1 N–H and O–H groups in total. The van der Waals surface area contributed by atoms with Crippen LogP contribution in [0.25, 0.3) is 5.82 Å². The largest absolute Gasteiger partial charge is 0.351 e. The Morgan fingerprint density at radius 2 is 1.84 bits per heavy atom. The van der Waals surface area contributed by atoms with Crippen LogP contribution in [-0.4, -0.2) is 75.2 Å². The van der Waals surface area contributed by atoms with Crippen LogP contribution >= 0.6 is 0 Å². The number of carbonyl (C=O) groups excluding carboxylic acids is 2. The highest BCUT2D eigenvalue weighted by Gasteiger charge is 2.20. The van der Waals surface area contributed by atoms with Crippen molar-refractivity contribution in [2.75, 3.05) is 39.3 Å². The van der Waals surface area contributed by atoms with Crippen LogP contribution in [0.2, 0.25) is 0 Å². The lowest BCUT2D eigenvalue weighted by Gasteiger charge is -2.34. The molecule has 8 nitrogen and oxygen atoms in total. The Balaban J connectivity index is 1.52. The lowest BCUT2D eigenvalue weighted by molar-refractivity contribution is -0.130. The normalized spacial score (nSPS) is 15.4. The summed E-state index contributed by atoms with van der Waals surface area (Å²) in [5.74, 6) is 0.749. The maximum atomic E-state index is 12.5. The third-order valence-corrected chi connectivity index (χ3v) is 4.53. The van der Waals surface area contributed by atoms with Crippen LogP contribution in [-0.2, 0) is 11.8 Å². The van der Waals surface area contributed by atoms with Crippen LogP contribution in [0.3, 0.4) is 0 Å². The smallest absolute Gasteiger partial charge is 0.256 e. The van der Waals surface area contributed by atoms with Crippen LogP contribution in [0.1, 0.15) is 17.3 Å². The maximum absolute atomic E-state index is 12.5. The molecule has 1 fully saturated rings. The van der Waals surface area contributed by atoms with Crippen LogP contribution < -0.4 is 5.32 Å². The van der Waals surface area contributed by atoms with Crippen LogP contribution in [0, 0.1) is 0 Å². The zero-order valence-corrected chi connectivity index (χ0v) is 14.7. The number of nitrogens with zero attached hydrogens (tertiary/aromatic N) is 5. The number of carbonyl (C=O) groups is 2. The highest BCUT2D eigenvalue weighted by Crippen LogP contribution is 2.13. The van der Waals surface area contributed by atoms with Gasteiger partial charge in [-0.3, -0.25) is 19.2 Å². The lowest BCUT2D eigenvalue weighted by atomic mass is 10.3. The maximum Gasteiger partial charge on any atom is 0.256 e. The van der Waals surface area contributed by atoms with Crippen molar-refractivity contribution in [3.05, 3.63) is 36.3 Å². The number of nitrogens with one attached hydrogen (secondary N) is 1. The molecule has 3 heterocycles. The number of aryl methyl sites for hydroxylation is 1. The summed E-state index contributed by atoms with van der Waals surface area (Å²) in [6.45, 7) is 6.14. The number of hydrogen-bond acceptors (Lipinski definition) is 4. The van der Waals surface area contributed by atoms with E-state index in [9.17, 15) is 9.59 Å². The van der Waals surface area contributed by atoms with Gasteiger partial charge in [0.2, 0.25) is 5.91 Å². The first-order chi connectivity index (χ1) is 12.1. The molecule has 1 aliphatic rings. The molecular weight excluding hydrogens is 320 g/mol. The Morgan fingerprint density at radius 1 is 1.16 bits per heavy atom. The topological polar surface area (TPSA) is 75.4 Å². The van der Waals surface area contributed by atoms with Gasteiger partial charge in [0, 0.05) is 65.6 Å². The first-order valence-corrected chi connectivity index (χ1v) is 8.47. The second-order valence-electron chi connectivity index (χ2n) is 6.20. The standard InChI is InChI=1S/C17H24N6O2/c1-14(24)22-11-9-21(10-12-22)8-5-18-16(25)15-13-19-20(2)17(15)23-6-3-4-7-23/h3-4,6-7,13H,5,8-12H2,1-2H3,(H,18,25). The molecule has 0 spiro atoms. The quantitative estimate of drug-likeness (QED) is 0.835. The van der Waals surface area contributed by atoms with Gasteiger partial charge in [0.15, 0.2) is 0 Å². The molecule has 0 radical (unpaired) electrons. The van der Waals surface area contributed by atoms with E-state index in [0.717, 1.165) is 38.5 Å². The molecular formula is C17H24N6O2. The van der Waals surface area contributed by atoms with Crippen molar-refractivity contribution in [2.24, 2.45) is 7.05 Å². The Bertz CT molecular complexity index is 728. The van der Waals surface area contributed by atoms with E-state index in [0.29, 0.717) is 12.1 Å². The molecule has 134 valence electrons. The summed E-state index contributed by atoms with van der Waals surface area (Å²) in [7, 11) is 1.82. The van der Waals surface area contributed by atoms with Crippen LogP contribution in [0.5, 0.6) is 0 Å². The van der Waals surface area contributed by atoms with Crippen molar-refractivity contribution >= 4 is 11.8 Å². The molecule has 2 amide bonds. The van der Waals surface area contributed by atoms with Gasteiger partial charge in [0.05, 0.1) is 6.20 Å². The van der Waals surface area contributed by atoms with E-state index in [1.54, 1.807) is 17.8 Å². The molecule has 0 bridgehead atoms. The summed E-state index contributed by atoms with van der Waals surface area (Å²) in [6, 6.07) is 3.82. The summed E-state index contributed by atoms with van der Waals surface area (Å²) < 4.78 is 3.57. The summed E-state index contributed by atoms with van der Waals surface area (Å²) in [5.41, 5.74) is 0.556. The van der Waals surface area contributed by atoms with Gasteiger partial charge >= 0.3 is 0 Å². The molecule has 0 aromatic carbocycles. The minimum absolute atomic E-state index is 0.126. The minimum atomic E-state index is -0.126. The first kappa shape index (κ1) is 17.2. The average Bonchev–Trinajstić information content (AvgIpc) is 3.24. The number of rotatable bonds is 5. The van der Waals surface area contributed by atoms with Crippen molar-refractivity contribution in [3.63, 3.8) is 0 Å². The fourth-order valence-corrected chi connectivity index (χ4v) is 3.08. The predicted octanol–water partition coefficient (Wildman–Crippen LogP) is 0.105. The van der Waals surface area contributed by atoms with Gasteiger partial charge in [-0.25, -0.2) is 0 Å². The van der Waals surface area contributed by atoms with Crippen molar-refractivity contribution < 1.29 is 9.59 Å². The number of piperazine rings is 1. The zero-order valence-electron chi connectivity index (χ0n) is 14.7. The van der Waals surface area contributed by atoms with Crippen molar-refractivity contribution in [3.8, 4) is 5.82 Å². The summed E-state index contributed by atoms with van der Waals surface area (Å²) >= 11 is 0. The molecule has 0 atom stereocenters. The molecule has 0 unspecified atom stereocenters. The Hall–Kier alpha value is -2.61. The van der Waals surface area contributed by atoms with Gasteiger partial charge in [0.25, 0.3) is 5.91 Å². The van der Waals surface area contributed by atoms with Gasteiger partial charge < -0.3 is 14.8 Å². The Labute approximate surface area is 147 Å². The molecule has 2 aromatic rings. The van der Waals surface area contributed by atoms with E-state index < -0.39 is 0 Å².